The first-order chi connectivity index (χ1) is 12.1. The molecule has 5 nitrogen and oxygen atoms in total. The Morgan fingerprint density at radius 2 is 2.12 bits per heavy atom. The fraction of sp³-hybridized carbons (Fsp3) is 0.524. The van der Waals surface area contributed by atoms with Crippen LogP contribution in [0.1, 0.15) is 51.3 Å². The Morgan fingerprint density at radius 3 is 2.69 bits per heavy atom. The highest BCUT2D eigenvalue weighted by molar-refractivity contribution is 6.23. The molecule has 5 heteroatoms. The first-order valence-electron chi connectivity index (χ1n) is 8.97. The highest BCUT2D eigenvalue weighted by atomic mass is 16.5. The first-order valence-corrected chi connectivity index (χ1v) is 8.97. The highest BCUT2D eigenvalue weighted by Gasteiger charge is 2.33. The van der Waals surface area contributed by atoms with Crippen LogP contribution in [0.3, 0.4) is 0 Å². The number of hydrogen-bond acceptors (Lipinski definition) is 4. The molecule has 0 aromatic carbocycles. The number of aliphatic imine (C=N–C) groups is 1. The topological polar surface area (TPSA) is 63.8 Å². The van der Waals surface area contributed by atoms with Gasteiger partial charge in [-0.25, -0.2) is 4.99 Å². The van der Waals surface area contributed by atoms with E-state index < -0.39 is 5.60 Å². The van der Waals surface area contributed by atoms with E-state index in [-0.39, 0.29) is 11.6 Å². The van der Waals surface area contributed by atoms with Crippen LogP contribution in [0.4, 0.5) is 0 Å². The van der Waals surface area contributed by atoms with Crippen molar-refractivity contribution in [2.24, 2.45) is 18.0 Å². The minimum absolute atomic E-state index is 0.0258. The van der Waals surface area contributed by atoms with Gasteiger partial charge in [0, 0.05) is 41.9 Å². The van der Waals surface area contributed by atoms with Crippen molar-refractivity contribution in [3.8, 4) is 11.8 Å². The summed E-state index contributed by atoms with van der Waals surface area (Å²) in [6, 6.07) is 0.131. The van der Waals surface area contributed by atoms with E-state index in [2.05, 4.69) is 25.7 Å². The number of aromatic nitrogens is 1. The van der Waals surface area contributed by atoms with E-state index in [1.54, 1.807) is 31.7 Å². The molecule has 0 saturated heterocycles. The molecule has 3 rings (SSSR count). The van der Waals surface area contributed by atoms with Crippen molar-refractivity contribution >= 4 is 11.5 Å². The van der Waals surface area contributed by atoms with E-state index in [1.165, 1.54) is 0 Å². The smallest absolute Gasteiger partial charge is 0.254 e. The first kappa shape index (κ1) is 18.5. The molecule has 1 aliphatic carbocycles. The molecule has 1 atom stereocenters. The molecule has 1 aromatic rings. The Hall–Kier alpha value is -2.32. The van der Waals surface area contributed by atoms with Gasteiger partial charge in [0.15, 0.2) is 0 Å². The molecular weight excluding hydrogens is 328 g/mol. The maximum Gasteiger partial charge on any atom is 0.254 e. The number of hydrogen-bond donors (Lipinski definition) is 1. The Morgan fingerprint density at radius 1 is 1.42 bits per heavy atom. The van der Waals surface area contributed by atoms with Crippen LogP contribution < -0.4 is 5.56 Å². The standard InChI is InChI=1S/C21H26N2O3/c1-12(2)16-11-26-19(22-16)17-13(3)9-15-18(17)14(7-8-21(4,5)25)10-23(6)20(15)24/h10,12,16,25H,9,11H2,1-6H3. The summed E-state index contributed by atoms with van der Waals surface area (Å²) in [7, 11) is 1.73. The van der Waals surface area contributed by atoms with Gasteiger partial charge in [-0.05, 0) is 26.7 Å². The van der Waals surface area contributed by atoms with Crippen molar-refractivity contribution in [2.45, 2.75) is 52.7 Å². The van der Waals surface area contributed by atoms with Crippen LogP contribution in [0, 0.1) is 17.8 Å². The van der Waals surface area contributed by atoms with Gasteiger partial charge in [0.05, 0.1) is 6.04 Å². The van der Waals surface area contributed by atoms with Gasteiger partial charge < -0.3 is 14.4 Å². The Kier molecular flexibility index (Phi) is 4.58. The zero-order valence-electron chi connectivity index (χ0n) is 16.3. The number of rotatable bonds is 2. The summed E-state index contributed by atoms with van der Waals surface area (Å²) in [4.78, 5) is 17.4. The van der Waals surface area contributed by atoms with Crippen molar-refractivity contribution in [1.82, 2.24) is 4.57 Å². The lowest BCUT2D eigenvalue weighted by Gasteiger charge is -2.12. The van der Waals surface area contributed by atoms with Crippen LogP contribution >= 0.6 is 0 Å². The quantitative estimate of drug-likeness (QED) is 0.829. The third-order valence-corrected chi connectivity index (χ3v) is 4.75. The number of pyridine rings is 1. The van der Waals surface area contributed by atoms with Crippen LogP contribution in [0.2, 0.25) is 0 Å². The van der Waals surface area contributed by atoms with Gasteiger partial charge in [0.2, 0.25) is 5.90 Å². The number of allylic oxidation sites excluding steroid dienone is 1. The SMILES string of the molecule is CC1=C(C2=NC(C(C)C)CO2)c2c(C#CC(C)(C)O)cn(C)c(=O)c2C1. The monoisotopic (exact) mass is 354 g/mol. The van der Waals surface area contributed by atoms with Gasteiger partial charge in [0.25, 0.3) is 5.56 Å². The third-order valence-electron chi connectivity index (χ3n) is 4.75. The van der Waals surface area contributed by atoms with Gasteiger partial charge in [0.1, 0.15) is 12.2 Å². The summed E-state index contributed by atoms with van der Waals surface area (Å²) in [6.07, 6.45) is 2.30. The Bertz CT molecular complexity index is 931. The number of ether oxygens (including phenoxy) is 1. The predicted octanol–water partition coefficient (Wildman–Crippen LogP) is 2.29. The molecule has 0 radical (unpaired) electrons. The molecular formula is C21H26N2O3. The Balaban J connectivity index is 2.18. The molecule has 2 aliphatic rings. The van der Waals surface area contributed by atoms with Crippen molar-refractivity contribution in [3.63, 3.8) is 0 Å². The van der Waals surface area contributed by atoms with Gasteiger partial charge >= 0.3 is 0 Å². The highest BCUT2D eigenvalue weighted by Crippen LogP contribution is 2.36. The fourth-order valence-electron chi connectivity index (χ4n) is 3.29. The number of aryl methyl sites for hydroxylation is 1. The predicted molar refractivity (Wildman–Crippen MR) is 103 cm³/mol. The summed E-state index contributed by atoms with van der Waals surface area (Å²) < 4.78 is 7.45. The molecule has 1 N–H and O–H groups in total. The van der Waals surface area contributed by atoms with E-state index in [1.807, 2.05) is 6.92 Å². The van der Waals surface area contributed by atoms with Crippen molar-refractivity contribution < 1.29 is 9.84 Å². The summed E-state index contributed by atoms with van der Waals surface area (Å²) in [5.41, 5.74) is 3.08. The summed E-state index contributed by atoms with van der Waals surface area (Å²) in [5, 5.41) is 9.97. The summed E-state index contributed by atoms with van der Waals surface area (Å²) >= 11 is 0. The van der Waals surface area contributed by atoms with E-state index in [9.17, 15) is 9.90 Å². The average molecular weight is 354 g/mol. The largest absolute Gasteiger partial charge is 0.475 e. The zero-order chi connectivity index (χ0) is 19.2. The van der Waals surface area contributed by atoms with E-state index in [0.29, 0.717) is 24.8 Å². The molecule has 0 fully saturated rings. The molecule has 0 amide bonds. The third kappa shape index (κ3) is 3.34. The second-order valence-electron chi connectivity index (χ2n) is 8.01. The molecule has 1 aromatic heterocycles. The molecule has 1 aliphatic heterocycles. The van der Waals surface area contributed by atoms with Crippen LogP contribution in [0.5, 0.6) is 0 Å². The normalized spacial score (nSPS) is 19.2. The summed E-state index contributed by atoms with van der Waals surface area (Å²) in [5.74, 6) is 6.92. The Labute approximate surface area is 154 Å². The fourth-order valence-corrected chi connectivity index (χ4v) is 3.29. The molecule has 138 valence electrons. The van der Waals surface area contributed by atoms with Crippen molar-refractivity contribution in [1.29, 1.82) is 0 Å². The molecule has 0 saturated carbocycles. The zero-order valence-corrected chi connectivity index (χ0v) is 16.3. The number of fused-ring (bicyclic) bond motifs is 1. The lowest BCUT2D eigenvalue weighted by Crippen LogP contribution is -2.22. The van der Waals surface area contributed by atoms with Crippen LogP contribution in [0.25, 0.3) is 5.57 Å². The molecule has 0 spiro atoms. The van der Waals surface area contributed by atoms with E-state index in [0.717, 1.165) is 27.8 Å². The molecule has 1 unspecified atom stereocenters. The van der Waals surface area contributed by atoms with Gasteiger partial charge in [-0.3, -0.25) is 4.79 Å². The maximum absolute atomic E-state index is 12.7. The van der Waals surface area contributed by atoms with Gasteiger partial charge in [-0.1, -0.05) is 31.3 Å². The number of aliphatic hydroxyl groups is 1. The average Bonchev–Trinajstić information content (AvgIpc) is 3.13. The maximum atomic E-state index is 12.7. The van der Waals surface area contributed by atoms with Gasteiger partial charge in [-0.15, -0.1) is 0 Å². The van der Waals surface area contributed by atoms with Crippen molar-refractivity contribution in [3.05, 3.63) is 38.8 Å². The van der Waals surface area contributed by atoms with E-state index >= 15 is 0 Å². The second kappa shape index (κ2) is 6.44. The molecule has 2 heterocycles. The van der Waals surface area contributed by atoms with Gasteiger partial charge in [-0.2, -0.15) is 0 Å². The summed E-state index contributed by atoms with van der Waals surface area (Å²) in [6.45, 7) is 10.1. The number of nitrogens with zero attached hydrogens (tertiary/aromatic N) is 2. The molecule has 26 heavy (non-hydrogen) atoms. The van der Waals surface area contributed by atoms with Crippen LogP contribution in [0.15, 0.2) is 21.6 Å². The minimum atomic E-state index is -1.11. The van der Waals surface area contributed by atoms with Crippen molar-refractivity contribution in [2.75, 3.05) is 6.61 Å². The van der Waals surface area contributed by atoms with Crippen LogP contribution in [-0.4, -0.2) is 33.8 Å². The lowest BCUT2D eigenvalue weighted by molar-refractivity contribution is 0.143. The second-order valence-corrected chi connectivity index (χ2v) is 8.01. The van der Waals surface area contributed by atoms with E-state index in [4.69, 9.17) is 9.73 Å². The lowest BCUT2D eigenvalue weighted by atomic mass is 10.00. The molecule has 0 bridgehead atoms. The van der Waals surface area contributed by atoms with Crippen LogP contribution in [-0.2, 0) is 18.2 Å². The minimum Gasteiger partial charge on any atom is -0.475 e.